The Morgan fingerprint density at radius 3 is 3.00 bits per heavy atom. The minimum absolute atomic E-state index is 0.401. The normalized spacial score (nSPS) is 9.77. The van der Waals surface area contributed by atoms with E-state index in [4.69, 9.17) is 18.1 Å². The smallest absolute Gasteiger partial charge is 0.180 e. The van der Waals surface area contributed by atoms with Gasteiger partial charge in [0.2, 0.25) is 0 Å². The van der Waals surface area contributed by atoms with Crippen LogP contribution in [0.15, 0.2) is 10.7 Å². The van der Waals surface area contributed by atoms with Crippen LogP contribution in [0.4, 0.5) is 0 Å². The van der Waals surface area contributed by atoms with E-state index in [1.807, 2.05) is 13.2 Å². The fraction of sp³-hybridized carbons (Fsp3) is 0.333. The minimum Gasteiger partial charge on any atom is -0.356 e. The molecule has 5 nitrogen and oxygen atoms in total. The van der Waals surface area contributed by atoms with Crippen molar-refractivity contribution >= 4 is 33.3 Å². The molecular weight excluding hydrogens is 254 g/mol. The quantitative estimate of drug-likeness (QED) is 0.399. The third kappa shape index (κ3) is 2.94. The Morgan fingerprint density at radius 1 is 1.85 bits per heavy atom. The SMILES string of the molecule is Cn1cc(Br)c(CNC(=S)NN)n1. The molecule has 0 saturated heterocycles. The van der Waals surface area contributed by atoms with Gasteiger partial charge < -0.3 is 10.7 Å². The average Bonchev–Trinajstić information content (AvgIpc) is 2.41. The molecular formula is C6H10BrN5S. The highest BCUT2D eigenvalue weighted by atomic mass is 79.9. The number of nitrogens with zero attached hydrogens (tertiary/aromatic N) is 2. The van der Waals surface area contributed by atoms with Crippen molar-refractivity contribution in [2.75, 3.05) is 0 Å². The van der Waals surface area contributed by atoms with Crippen LogP contribution < -0.4 is 16.6 Å². The molecule has 13 heavy (non-hydrogen) atoms. The van der Waals surface area contributed by atoms with Gasteiger partial charge >= 0.3 is 0 Å². The van der Waals surface area contributed by atoms with Crippen molar-refractivity contribution in [2.24, 2.45) is 12.9 Å². The standard InChI is InChI=1S/C6H10BrN5S/c1-12-3-4(7)5(11-12)2-9-6(13)10-8/h3H,2,8H2,1H3,(H2,9,10,13). The summed E-state index contributed by atoms with van der Waals surface area (Å²) in [6, 6.07) is 0. The van der Waals surface area contributed by atoms with E-state index in [2.05, 4.69) is 31.8 Å². The molecule has 1 aromatic heterocycles. The second kappa shape index (κ2) is 4.54. The van der Waals surface area contributed by atoms with Gasteiger partial charge in [0.05, 0.1) is 16.7 Å². The minimum atomic E-state index is 0.401. The van der Waals surface area contributed by atoms with Crippen LogP contribution in [0.25, 0.3) is 0 Å². The summed E-state index contributed by atoms with van der Waals surface area (Å²) < 4.78 is 2.67. The van der Waals surface area contributed by atoms with Gasteiger partial charge in [0, 0.05) is 13.2 Å². The molecule has 0 atom stereocenters. The number of hydrazine groups is 1. The third-order valence-electron chi connectivity index (χ3n) is 1.40. The molecule has 1 heterocycles. The molecule has 0 unspecified atom stereocenters. The first-order valence-electron chi connectivity index (χ1n) is 3.56. The van der Waals surface area contributed by atoms with Crippen molar-refractivity contribution in [1.82, 2.24) is 20.5 Å². The third-order valence-corrected chi connectivity index (χ3v) is 2.33. The molecule has 0 spiro atoms. The monoisotopic (exact) mass is 263 g/mol. The number of aryl methyl sites for hydroxylation is 1. The second-order valence-corrected chi connectivity index (χ2v) is 3.69. The van der Waals surface area contributed by atoms with E-state index < -0.39 is 0 Å². The van der Waals surface area contributed by atoms with Crippen LogP contribution in [-0.2, 0) is 13.6 Å². The number of rotatable bonds is 2. The lowest BCUT2D eigenvalue weighted by molar-refractivity contribution is 0.727. The van der Waals surface area contributed by atoms with E-state index in [1.54, 1.807) is 4.68 Å². The first-order chi connectivity index (χ1) is 6.13. The van der Waals surface area contributed by atoms with Crippen LogP contribution in [0.2, 0.25) is 0 Å². The fourth-order valence-electron chi connectivity index (χ4n) is 0.840. The van der Waals surface area contributed by atoms with Crippen molar-refractivity contribution in [3.05, 3.63) is 16.4 Å². The Kier molecular flexibility index (Phi) is 3.64. The molecule has 1 rings (SSSR count). The largest absolute Gasteiger partial charge is 0.356 e. The molecule has 1 aromatic rings. The molecule has 0 aliphatic rings. The maximum atomic E-state index is 5.09. The summed E-state index contributed by atoms with van der Waals surface area (Å²) >= 11 is 8.18. The van der Waals surface area contributed by atoms with Crippen molar-refractivity contribution in [3.8, 4) is 0 Å². The van der Waals surface area contributed by atoms with E-state index in [9.17, 15) is 0 Å². The van der Waals surface area contributed by atoms with E-state index >= 15 is 0 Å². The number of aromatic nitrogens is 2. The van der Waals surface area contributed by atoms with Crippen molar-refractivity contribution in [1.29, 1.82) is 0 Å². The highest BCUT2D eigenvalue weighted by Crippen LogP contribution is 2.13. The zero-order chi connectivity index (χ0) is 9.84. The van der Waals surface area contributed by atoms with Crippen LogP contribution in [0.3, 0.4) is 0 Å². The number of nitrogens with one attached hydrogen (secondary N) is 2. The lowest BCUT2D eigenvalue weighted by Crippen LogP contribution is -2.39. The van der Waals surface area contributed by atoms with Gasteiger partial charge in [-0.15, -0.1) is 0 Å². The lowest BCUT2D eigenvalue weighted by atomic mass is 10.4. The van der Waals surface area contributed by atoms with Crippen molar-refractivity contribution in [3.63, 3.8) is 0 Å². The number of nitrogens with two attached hydrogens (primary N) is 1. The first kappa shape index (κ1) is 10.4. The molecule has 0 amide bonds. The van der Waals surface area contributed by atoms with Crippen LogP contribution in [0, 0.1) is 0 Å². The summed E-state index contributed by atoms with van der Waals surface area (Å²) in [5.41, 5.74) is 3.22. The molecule has 72 valence electrons. The van der Waals surface area contributed by atoms with Crippen molar-refractivity contribution < 1.29 is 0 Å². The molecule has 0 bridgehead atoms. The molecule has 0 radical (unpaired) electrons. The van der Waals surface area contributed by atoms with E-state index in [0.717, 1.165) is 10.2 Å². The Labute approximate surface area is 89.8 Å². The highest BCUT2D eigenvalue weighted by Gasteiger charge is 2.04. The van der Waals surface area contributed by atoms with E-state index in [0.29, 0.717) is 11.7 Å². The Bertz CT molecular complexity index is 310. The van der Waals surface area contributed by atoms with Gasteiger partial charge in [-0.2, -0.15) is 5.10 Å². The van der Waals surface area contributed by atoms with Crippen LogP contribution in [-0.4, -0.2) is 14.9 Å². The molecule has 4 N–H and O–H groups in total. The highest BCUT2D eigenvalue weighted by molar-refractivity contribution is 9.10. The van der Waals surface area contributed by atoms with Crippen LogP contribution >= 0.6 is 28.1 Å². The van der Waals surface area contributed by atoms with Crippen LogP contribution in [0.1, 0.15) is 5.69 Å². The van der Waals surface area contributed by atoms with Gasteiger partial charge in [-0.05, 0) is 28.1 Å². The number of halogens is 1. The topological polar surface area (TPSA) is 67.9 Å². The zero-order valence-electron chi connectivity index (χ0n) is 7.04. The summed E-state index contributed by atoms with van der Waals surface area (Å²) in [4.78, 5) is 0. The number of hydrogen-bond acceptors (Lipinski definition) is 3. The molecule has 7 heteroatoms. The van der Waals surface area contributed by atoms with Crippen molar-refractivity contribution in [2.45, 2.75) is 6.54 Å². The fourth-order valence-corrected chi connectivity index (χ4v) is 1.43. The van der Waals surface area contributed by atoms with Gasteiger partial charge in [-0.1, -0.05) is 0 Å². The van der Waals surface area contributed by atoms with E-state index in [1.165, 1.54) is 0 Å². The van der Waals surface area contributed by atoms with Gasteiger partial charge in [0.1, 0.15) is 0 Å². The summed E-state index contributed by atoms with van der Waals surface area (Å²) in [6.45, 7) is 0.546. The second-order valence-electron chi connectivity index (χ2n) is 2.42. The molecule has 0 saturated carbocycles. The molecule has 0 aromatic carbocycles. The first-order valence-corrected chi connectivity index (χ1v) is 4.76. The number of hydrogen-bond donors (Lipinski definition) is 3. The molecule has 0 fully saturated rings. The Hall–Kier alpha value is -0.660. The summed E-state index contributed by atoms with van der Waals surface area (Å²) in [5, 5.41) is 7.49. The Balaban J connectivity index is 2.54. The van der Waals surface area contributed by atoms with E-state index in [-0.39, 0.29) is 0 Å². The zero-order valence-corrected chi connectivity index (χ0v) is 9.44. The van der Waals surface area contributed by atoms with Gasteiger partial charge in [-0.3, -0.25) is 4.68 Å². The summed E-state index contributed by atoms with van der Waals surface area (Å²) in [6.07, 6.45) is 1.87. The Morgan fingerprint density at radius 2 is 2.54 bits per heavy atom. The predicted molar refractivity (Wildman–Crippen MR) is 57.7 cm³/mol. The summed E-state index contributed by atoms with van der Waals surface area (Å²) in [7, 11) is 1.85. The average molecular weight is 264 g/mol. The molecule has 0 aliphatic carbocycles. The number of thiocarbonyl (C=S) groups is 1. The maximum Gasteiger partial charge on any atom is 0.180 e. The maximum absolute atomic E-state index is 5.09. The lowest BCUT2D eigenvalue weighted by Gasteiger charge is -2.04. The summed E-state index contributed by atoms with van der Waals surface area (Å²) in [5.74, 6) is 5.09. The molecule has 0 aliphatic heterocycles. The van der Waals surface area contributed by atoms with Gasteiger partial charge in [0.25, 0.3) is 0 Å². The predicted octanol–water partition coefficient (Wildman–Crippen LogP) is 0.0204. The van der Waals surface area contributed by atoms with Gasteiger partial charge in [0.15, 0.2) is 5.11 Å². The van der Waals surface area contributed by atoms with Gasteiger partial charge in [-0.25, -0.2) is 5.84 Å². The van der Waals surface area contributed by atoms with Crippen LogP contribution in [0.5, 0.6) is 0 Å².